The summed E-state index contributed by atoms with van der Waals surface area (Å²) in [7, 11) is 0. The predicted molar refractivity (Wildman–Crippen MR) is 91.9 cm³/mol. The van der Waals surface area contributed by atoms with Crippen molar-refractivity contribution in [2.75, 3.05) is 6.61 Å². The fourth-order valence-corrected chi connectivity index (χ4v) is 2.48. The maximum atomic E-state index is 14.4. The molecule has 1 aromatic heterocycles. The van der Waals surface area contributed by atoms with Gasteiger partial charge in [-0.1, -0.05) is 16.8 Å². The Labute approximate surface area is 166 Å². The van der Waals surface area contributed by atoms with Crippen molar-refractivity contribution < 1.29 is 36.8 Å². The molecule has 2 aromatic rings. The molecule has 12 heteroatoms. The average Bonchev–Trinajstić information content (AvgIpc) is 2.98. The zero-order chi connectivity index (χ0) is 21.2. The number of halogens is 5. The summed E-state index contributed by atoms with van der Waals surface area (Å²) in [6.45, 7) is 2.69. The maximum absolute atomic E-state index is 14.4. The predicted octanol–water partition coefficient (Wildman–Crippen LogP) is 3.85. The molecule has 28 heavy (non-hydrogen) atoms. The first-order valence-corrected chi connectivity index (χ1v) is 8.35. The zero-order valence-corrected chi connectivity index (χ0v) is 15.9. The van der Waals surface area contributed by atoms with Gasteiger partial charge in [-0.2, -0.15) is 8.78 Å². The number of benzene rings is 1. The summed E-state index contributed by atoms with van der Waals surface area (Å²) in [5, 5.41) is -1.07. The highest BCUT2D eigenvalue weighted by molar-refractivity contribution is 6.32. The van der Waals surface area contributed by atoms with E-state index in [0.717, 1.165) is 12.1 Å². The number of esters is 1. The third-order valence-electron chi connectivity index (χ3n) is 3.19. The van der Waals surface area contributed by atoms with E-state index >= 15 is 0 Å². The van der Waals surface area contributed by atoms with Crippen LogP contribution >= 0.6 is 23.2 Å². The molecule has 7 nitrogen and oxygen atoms in total. The Morgan fingerprint density at radius 3 is 2.54 bits per heavy atom. The second-order valence-electron chi connectivity index (χ2n) is 5.69. The largest absolute Gasteiger partial charge is 0.480 e. The van der Waals surface area contributed by atoms with Crippen molar-refractivity contribution in [2.45, 2.75) is 25.3 Å². The first-order chi connectivity index (χ1) is 12.9. The van der Waals surface area contributed by atoms with Crippen molar-refractivity contribution in [1.82, 2.24) is 5.16 Å². The van der Waals surface area contributed by atoms with E-state index in [1.54, 1.807) is 13.8 Å². The van der Waals surface area contributed by atoms with Crippen molar-refractivity contribution in [2.24, 2.45) is 5.73 Å². The Morgan fingerprint density at radius 2 is 2.00 bits per heavy atom. The number of rotatable bonds is 7. The quantitative estimate of drug-likeness (QED) is 0.517. The van der Waals surface area contributed by atoms with Crippen LogP contribution in [0.25, 0.3) is 11.3 Å². The molecule has 0 bridgehead atoms. The molecule has 0 atom stereocenters. The van der Waals surface area contributed by atoms with Gasteiger partial charge in [0, 0.05) is 5.56 Å². The molecular formula is C16H13Cl2F3N2O5. The van der Waals surface area contributed by atoms with Crippen molar-refractivity contribution in [3.8, 4) is 17.0 Å². The van der Waals surface area contributed by atoms with E-state index < -0.39 is 52.3 Å². The molecule has 0 fully saturated rings. The molecule has 152 valence electrons. The minimum absolute atomic E-state index is 0.198. The van der Waals surface area contributed by atoms with Gasteiger partial charge in [0.25, 0.3) is 5.91 Å². The molecule has 0 saturated heterocycles. The van der Waals surface area contributed by atoms with E-state index in [9.17, 15) is 22.8 Å². The van der Waals surface area contributed by atoms with Gasteiger partial charge in [-0.05, 0) is 37.6 Å². The van der Waals surface area contributed by atoms with Gasteiger partial charge in [0.1, 0.15) is 22.8 Å². The molecule has 2 N–H and O–H groups in total. The van der Waals surface area contributed by atoms with E-state index in [1.807, 2.05) is 0 Å². The second-order valence-corrected chi connectivity index (χ2v) is 6.57. The summed E-state index contributed by atoms with van der Waals surface area (Å²) in [5.74, 6) is -4.67. The number of carbonyl (C=O) groups is 2. The van der Waals surface area contributed by atoms with Crippen molar-refractivity contribution in [3.63, 3.8) is 0 Å². The van der Waals surface area contributed by atoms with Crippen LogP contribution in [0.4, 0.5) is 13.2 Å². The van der Waals surface area contributed by atoms with Gasteiger partial charge in [0.05, 0.1) is 11.1 Å². The van der Waals surface area contributed by atoms with Crippen LogP contribution in [0.1, 0.15) is 30.0 Å². The molecule has 0 aliphatic carbocycles. The molecule has 0 radical (unpaired) electrons. The van der Waals surface area contributed by atoms with Crippen LogP contribution in [0.15, 0.2) is 16.7 Å². The Kier molecular flexibility index (Phi) is 6.45. The number of aromatic nitrogens is 1. The maximum Gasteiger partial charge on any atom is 0.383 e. The van der Waals surface area contributed by atoms with E-state index in [2.05, 4.69) is 9.68 Å². The SMILES string of the molecule is CC(C)OC(=O)COc1cc(-c2noc(C(F)(F)Cl)c2C(N)=O)c(F)cc1Cl. The molecule has 0 spiro atoms. The van der Waals surface area contributed by atoms with Crippen LogP contribution in [0.2, 0.25) is 5.02 Å². The third-order valence-corrected chi connectivity index (χ3v) is 3.65. The molecule has 0 saturated carbocycles. The number of hydrogen-bond donors (Lipinski definition) is 1. The number of alkyl halides is 3. The van der Waals surface area contributed by atoms with Gasteiger partial charge in [-0.3, -0.25) is 4.79 Å². The molecule has 1 aromatic carbocycles. The van der Waals surface area contributed by atoms with Crippen LogP contribution in [0, 0.1) is 5.82 Å². The van der Waals surface area contributed by atoms with Crippen molar-refractivity contribution in [1.29, 1.82) is 0 Å². The van der Waals surface area contributed by atoms with E-state index in [-0.39, 0.29) is 16.9 Å². The van der Waals surface area contributed by atoms with Crippen LogP contribution in [0.5, 0.6) is 5.75 Å². The highest BCUT2D eigenvalue weighted by Crippen LogP contribution is 2.40. The lowest BCUT2D eigenvalue weighted by Gasteiger charge is -2.12. The normalized spacial score (nSPS) is 11.6. The second kappa shape index (κ2) is 8.27. The zero-order valence-electron chi connectivity index (χ0n) is 14.4. The number of primary amides is 1. The number of amides is 1. The number of hydrogen-bond acceptors (Lipinski definition) is 6. The summed E-state index contributed by atoms with van der Waals surface area (Å²) >= 11 is 10.7. The van der Waals surface area contributed by atoms with Crippen molar-refractivity contribution in [3.05, 3.63) is 34.3 Å². The Bertz CT molecular complexity index is 912. The van der Waals surface area contributed by atoms with E-state index in [0.29, 0.717) is 0 Å². The highest BCUT2D eigenvalue weighted by atomic mass is 35.5. The number of nitrogens with zero attached hydrogens (tertiary/aromatic N) is 1. The summed E-state index contributed by atoms with van der Waals surface area (Å²) in [6.07, 6.45) is -0.390. The van der Waals surface area contributed by atoms with Crippen LogP contribution in [0.3, 0.4) is 0 Å². The molecular weight excluding hydrogens is 428 g/mol. The summed E-state index contributed by atoms with van der Waals surface area (Å²) < 4.78 is 55.6. The smallest absolute Gasteiger partial charge is 0.383 e. The minimum atomic E-state index is -4.11. The van der Waals surface area contributed by atoms with E-state index in [1.165, 1.54) is 0 Å². The van der Waals surface area contributed by atoms with Gasteiger partial charge in [0.2, 0.25) is 5.76 Å². The van der Waals surface area contributed by atoms with Crippen LogP contribution in [-0.2, 0) is 14.9 Å². The lowest BCUT2D eigenvalue weighted by Crippen LogP contribution is -2.19. The number of carbonyl (C=O) groups excluding carboxylic acids is 2. The third kappa shape index (κ3) is 4.87. The lowest BCUT2D eigenvalue weighted by molar-refractivity contribution is -0.149. The molecule has 2 rings (SSSR count). The fraction of sp³-hybridized carbons (Fsp3) is 0.312. The van der Waals surface area contributed by atoms with Gasteiger partial charge in [-0.15, -0.1) is 0 Å². The average molecular weight is 441 g/mol. The van der Waals surface area contributed by atoms with Gasteiger partial charge >= 0.3 is 11.4 Å². The molecule has 0 aliphatic rings. The fourth-order valence-electron chi connectivity index (χ4n) is 2.15. The molecule has 1 amide bonds. The summed E-state index contributed by atoms with van der Waals surface area (Å²) in [5.41, 5.74) is 3.06. The van der Waals surface area contributed by atoms with Crippen molar-refractivity contribution >= 4 is 35.1 Å². The van der Waals surface area contributed by atoms with E-state index in [4.69, 9.17) is 38.4 Å². The molecule has 1 heterocycles. The number of nitrogens with two attached hydrogens (primary N) is 1. The topological polar surface area (TPSA) is 105 Å². The van der Waals surface area contributed by atoms with Crippen LogP contribution < -0.4 is 10.5 Å². The monoisotopic (exact) mass is 440 g/mol. The Hall–Kier alpha value is -2.46. The molecule has 0 aliphatic heterocycles. The number of ether oxygens (including phenoxy) is 2. The highest BCUT2D eigenvalue weighted by Gasteiger charge is 2.40. The first kappa shape index (κ1) is 21.8. The Morgan fingerprint density at radius 1 is 1.36 bits per heavy atom. The standard InChI is InChI=1S/C16H13Cl2F3N2O5/c1-6(2)27-11(24)5-26-10-3-7(9(19)4-8(10)17)13-12(15(22)25)14(28-23-13)16(18,20)21/h3-4,6H,5H2,1-2H3,(H2,22,25). The lowest BCUT2D eigenvalue weighted by atomic mass is 10.0. The summed E-state index contributed by atoms with van der Waals surface area (Å²) in [6, 6.07) is 1.72. The minimum Gasteiger partial charge on any atom is -0.480 e. The van der Waals surface area contributed by atoms with Crippen LogP contribution in [-0.4, -0.2) is 29.7 Å². The van der Waals surface area contributed by atoms with Gasteiger partial charge in [0.15, 0.2) is 6.61 Å². The molecule has 0 unspecified atom stereocenters. The Balaban J connectivity index is 2.46. The van der Waals surface area contributed by atoms with Gasteiger partial charge < -0.3 is 19.7 Å². The summed E-state index contributed by atoms with van der Waals surface area (Å²) in [4.78, 5) is 23.2. The van der Waals surface area contributed by atoms with Gasteiger partial charge in [-0.25, -0.2) is 9.18 Å². The first-order valence-electron chi connectivity index (χ1n) is 7.60.